The van der Waals surface area contributed by atoms with E-state index in [9.17, 15) is 4.79 Å². The molecule has 3 aromatic rings. The highest BCUT2D eigenvalue weighted by Gasteiger charge is 2.27. The van der Waals surface area contributed by atoms with Crippen molar-refractivity contribution in [3.05, 3.63) is 28.2 Å². The number of hydrogen-bond acceptors (Lipinski definition) is 9. The van der Waals surface area contributed by atoms with Crippen LogP contribution in [-0.2, 0) is 16.0 Å². The minimum Gasteiger partial charge on any atom is -0.465 e. The summed E-state index contributed by atoms with van der Waals surface area (Å²) in [6.45, 7) is 3.91. The van der Waals surface area contributed by atoms with Crippen molar-refractivity contribution in [3.8, 4) is 0 Å². The second-order valence-electron chi connectivity index (χ2n) is 6.26. The minimum atomic E-state index is -0.101. The van der Waals surface area contributed by atoms with E-state index in [2.05, 4.69) is 30.5 Å². The Kier molecular flexibility index (Phi) is 4.74. The number of aromatic nitrogens is 6. The second kappa shape index (κ2) is 7.32. The van der Waals surface area contributed by atoms with Gasteiger partial charge in [-0.05, 0) is 42.3 Å². The van der Waals surface area contributed by atoms with E-state index in [1.165, 1.54) is 9.51 Å². The van der Waals surface area contributed by atoms with Crippen LogP contribution in [0.25, 0.3) is 5.65 Å². The normalized spacial score (nSPS) is 15.5. The number of fused-ring (bicyclic) bond motifs is 1. The molecule has 9 nitrogen and oxygen atoms in total. The van der Waals surface area contributed by atoms with Gasteiger partial charge in [0.05, 0.1) is 23.7 Å². The predicted molar refractivity (Wildman–Crippen MR) is 95.0 cm³/mol. The number of nitrogens with zero attached hydrogens (tertiary/aromatic N) is 7. The van der Waals surface area contributed by atoms with Crippen molar-refractivity contribution in [2.45, 2.75) is 26.2 Å². The summed E-state index contributed by atoms with van der Waals surface area (Å²) >= 11 is 1.60. The molecule has 1 aliphatic heterocycles. The summed E-state index contributed by atoms with van der Waals surface area (Å²) in [5.74, 6) is 0.665. The Labute approximate surface area is 154 Å². The maximum atomic E-state index is 12.3. The quantitative estimate of drug-likeness (QED) is 0.617. The number of hydrogen-bond donors (Lipinski definition) is 0. The van der Waals surface area contributed by atoms with E-state index in [-0.39, 0.29) is 11.9 Å². The molecular formula is C16H19N7O2S. The third-order valence-corrected chi connectivity index (χ3v) is 5.62. The summed E-state index contributed by atoms with van der Waals surface area (Å²) < 4.78 is 6.89. The Bertz CT molecular complexity index is 901. The fourth-order valence-electron chi connectivity index (χ4n) is 3.08. The van der Waals surface area contributed by atoms with Crippen molar-refractivity contribution in [2.75, 3.05) is 24.6 Å². The summed E-state index contributed by atoms with van der Waals surface area (Å²) in [7, 11) is 0. The highest BCUT2D eigenvalue weighted by molar-refractivity contribution is 7.09. The lowest BCUT2D eigenvalue weighted by Crippen LogP contribution is -2.37. The average Bonchev–Trinajstić information content (AvgIpc) is 3.30. The zero-order valence-electron chi connectivity index (χ0n) is 14.4. The molecule has 0 N–H and O–H groups in total. The van der Waals surface area contributed by atoms with Gasteiger partial charge in [0.2, 0.25) is 0 Å². The fraction of sp³-hybridized carbons (Fsp3) is 0.500. The van der Waals surface area contributed by atoms with Gasteiger partial charge in [0.15, 0.2) is 11.5 Å². The van der Waals surface area contributed by atoms with E-state index in [4.69, 9.17) is 4.74 Å². The molecule has 1 saturated heterocycles. The molecule has 4 rings (SSSR count). The van der Waals surface area contributed by atoms with Crippen molar-refractivity contribution in [1.82, 2.24) is 30.2 Å². The van der Waals surface area contributed by atoms with Gasteiger partial charge < -0.3 is 9.64 Å². The van der Waals surface area contributed by atoms with E-state index in [1.807, 2.05) is 24.6 Å². The van der Waals surface area contributed by atoms with Crippen LogP contribution >= 0.6 is 11.3 Å². The van der Waals surface area contributed by atoms with Gasteiger partial charge in [-0.3, -0.25) is 4.79 Å². The van der Waals surface area contributed by atoms with Crippen molar-refractivity contribution in [2.24, 2.45) is 5.92 Å². The van der Waals surface area contributed by atoms with Crippen molar-refractivity contribution < 1.29 is 9.53 Å². The molecule has 4 heterocycles. The van der Waals surface area contributed by atoms with Crippen LogP contribution in [-0.4, -0.2) is 55.9 Å². The van der Waals surface area contributed by atoms with Crippen LogP contribution < -0.4 is 4.90 Å². The lowest BCUT2D eigenvalue weighted by atomic mass is 9.97. The van der Waals surface area contributed by atoms with Gasteiger partial charge >= 0.3 is 5.97 Å². The first-order chi connectivity index (χ1) is 12.7. The molecule has 0 aliphatic carbocycles. The molecule has 26 heavy (non-hydrogen) atoms. The van der Waals surface area contributed by atoms with Gasteiger partial charge in [-0.1, -0.05) is 0 Å². The smallest absolute Gasteiger partial charge is 0.309 e. The van der Waals surface area contributed by atoms with Gasteiger partial charge in [0.1, 0.15) is 0 Å². The monoisotopic (exact) mass is 373 g/mol. The van der Waals surface area contributed by atoms with Crippen molar-refractivity contribution in [1.29, 1.82) is 0 Å². The van der Waals surface area contributed by atoms with Crippen LogP contribution in [0, 0.1) is 12.8 Å². The van der Waals surface area contributed by atoms with Crippen LogP contribution in [0.3, 0.4) is 0 Å². The van der Waals surface area contributed by atoms with Gasteiger partial charge in [-0.25, -0.2) is 4.98 Å². The highest BCUT2D eigenvalue weighted by atomic mass is 32.1. The number of tetrazole rings is 1. The van der Waals surface area contributed by atoms with Gasteiger partial charge in [0.25, 0.3) is 0 Å². The molecule has 0 bridgehead atoms. The Morgan fingerprint density at radius 2 is 2.19 bits per heavy atom. The molecule has 0 aromatic carbocycles. The molecule has 1 aliphatic rings. The standard InChI is InChI=1S/C16H19N7O2S/c1-11-13(26-10-17-11)6-9-25-16(24)12-4-7-22(8-5-12)15-3-2-14-18-20-21-23(14)19-15/h2-3,10,12H,4-9H2,1H3. The number of thiazole rings is 1. The maximum Gasteiger partial charge on any atom is 0.309 e. The van der Waals surface area contributed by atoms with Gasteiger partial charge in [0, 0.05) is 24.4 Å². The number of rotatable bonds is 5. The molecule has 0 amide bonds. The topological polar surface area (TPSA) is 98.4 Å². The van der Waals surface area contributed by atoms with E-state index < -0.39 is 0 Å². The van der Waals surface area contributed by atoms with Gasteiger partial charge in [-0.15, -0.1) is 26.2 Å². The van der Waals surface area contributed by atoms with E-state index in [0.717, 1.165) is 43.9 Å². The zero-order chi connectivity index (χ0) is 17.9. The Hall–Kier alpha value is -2.62. The van der Waals surface area contributed by atoms with Crippen LogP contribution in [0.5, 0.6) is 0 Å². The molecule has 0 unspecified atom stereocenters. The molecule has 0 atom stereocenters. The number of aryl methyl sites for hydroxylation is 1. The Morgan fingerprint density at radius 1 is 1.35 bits per heavy atom. The largest absolute Gasteiger partial charge is 0.465 e. The molecule has 1 fully saturated rings. The summed E-state index contributed by atoms with van der Waals surface area (Å²) in [6.07, 6.45) is 2.25. The predicted octanol–water partition coefficient (Wildman–Crippen LogP) is 1.29. The number of esters is 1. The summed E-state index contributed by atoms with van der Waals surface area (Å²) in [5, 5.41) is 15.7. The summed E-state index contributed by atoms with van der Waals surface area (Å²) in [6, 6.07) is 3.74. The van der Waals surface area contributed by atoms with Crippen LogP contribution in [0.4, 0.5) is 5.82 Å². The fourth-order valence-corrected chi connectivity index (χ4v) is 3.84. The summed E-state index contributed by atoms with van der Waals surface area (Å²) in [4.78, 5) is 19.8. The number of carbonyl (C=O) groups excluding carboxylic acids is 1. The first kappa shape index (κ1) is 16.8. The number of ether oxygens (including phenoxy) is 1. The zero-order valence-corrected chi connectivity index (χ0v) is 15.2. The van der Waals surface area contributed by atoms with Crippen LogP contribution in [0.15, 0.2) is 17.6 Å². The highest BCUT2D eigenvalue weighted by Crippen LogP contribution is 2.23. The van der Waals surface area contributed by atoms with E-state index >= 15 is 0 Å². The third-order valence-electron chi connectivity index (χ3n) is 4.63. The van der Waals surface area contributed by atoms with Crippen molar-refractivity contribution >= 4 is 28.8 Å². The first-order valence-electron chi connectivity index (χ1n) is 8.56. The molecule has 136 valence electrons. The van der Waals surface area contributed by atoms with E-state index in [0.29, 0.717) is 12.3 Å². The molecular weight excluding hydrogens is 354 g/mol. The maximum absolute atomic E-state index is 12.3. The number of carbonyl (C=O) groups is 1. The average molecular weight is 373 g/mol. The van der Waals surface area contributed by atoms with Crippen LogP contribution in [0.1, 0.15) is 23.4 Å². The molecule has 0 spiro atoms. The minimum absolute atomic E-state index is 0.0504. The van der Waals surface area contributed by atoms with Crippen molar-refractivity contribution in [3.63, 3.8) is 0 Å². The lowest BCUT2D eigenvalue weighted by Gasteiger charge is -2.31. The Balaban J connectivity index is 1.27. The third kappa shape index (κ3) is 3.50. The van der Waals surface area contributed by atoms with E-state index in [1.54, 1.807) is 11.3 Å². The molecule has 0 radical (unpaired) electrons. The first-order valence-corrected chi connectivity index (χ1v) is 9.44. The lowest BCUT2D eigenvalue weighted by molar-refractivity contribution is -0.149. The molecule has 0 saturated carbocycles. The SMILES string of the molecule is Cc1ncsc1CCOC(=O)C1CCN(c2ccc3nnnn3n2)CC1. The Morgan fingerprint density at radius 3 is 2.96 bits per heavy atom. The number of piperidine rings is 1. The molecule has 3 aromatic heterocycles. The van der Waals surface area contributed by atoms with Gasteiger partial charge in [-0.2, -0.15) is 0 Å². The number of anilines is 1. The summed E-state index contributed by atoms with van der Waals surface area (Å²) in [5.41, 5.74) is 3.46. The second-order valence-corrected chi connectivity index (χ2v) is 7.20. The van der Waals surface area contributed by atoms with Crippen LogP contribution in [0.2, 0.25) is 0 Å². The molecule has 10 heteroatoms.